The van der Waals surface area contributed by atoms with Gasteiger partial charge < -0.3 is 20.2 Å². The maximum Gasteiger partial charge on any atom is 0.317 e. The molecule has 1 aliphatic heterocycles. The summed E-state index contributed by atoms with van der Waals surface area (Å²) in [5.74, 6) is 0. The van der Waals surface area contributed by atoms with Crippen LogP contribution in [0.1, 0.15) is 39.5 Å². The first-order valence-corrected chi connectivity index (χ1v) is 6.17. The summed E-state index contributed by atoms with van der Waals surface area (Å²) < 4.78 is 11.0. The Hall–Kier alpha value is -1.30. The van der Waals surface area contributed by atoms with Crippen LogP contribution >= 0.6 is 0 Å². The zero-order chi connectivity index (χ0) is 12.3. The predicted octanol–water partition coefficient (Wildman–Crippen LogP) is 1.80. The van der Waals surface area contributed by atoms with Crippen molar-refractivity contribution in [2.75, 3.05) is 17.7 Å². The number of hydrogen-bond acceptors (Lipinski definition) is 6. The SMILES string of the molecule is CCC1(CC)CC(Nc2nnc(N)o2)CCO1. The Morgan fingerprint density at radius 1 is 1.41 bits per heavy atom. The van der Waals surface area contributed by atoms with Crippen molar-refractivity contribution in [2.45, 2.75) is 51.2 Å². The Balaban J connectivity index is 1.98. The fourth-order valence-electron chi connectivity index (χ4n) is 2.36. The van der Waals surface area contributed by atoms with E-state index in [0.29, 0.717) is 12.1 Å². The van der Waals surface area contributed by atoms with Crippen LogP contribution in [0.3, 0.4) is 0 Å². The molecule has 0 radical (unpaired) electrons. The van der Waals surface area contributed by atoms with Crippen LogP contribution in [0.15, 0.2) is 4.42 Å². The highest BCUT2D eigenvalue weighted by atomic mass is 16.5. The molecule has 1 aromatic rings. The molecule has 6 nitrogen and oxygen atoms in total. The van der Waals surface area contributed by atoms with Crippen LogP contribution in [0.25, 0.3) is 0 Å². The third kappa shape index (κ3) is 2.69. The Kier molecular flexibility index (Phi) is 3.51. The molecule has 0 bridgehead atoms. The van der Waals surface area contributed by atoms with E-state index >= 15 is 0 Å². The molecular weight excluding hydrogens is 220 g/mol. The van der Waals surface area contributed by atoms with Gasteiger partial charge in [-0.15, -0.1) is 0 Å². The molecule has 2 rings (SSSR count). The number of nitrogens with two attached hydrogens (primary N) is 1. The molecule has 1 aromatic heterocycles. The molecule has 96 valence electrons. The molecule has 3 N–H and O–H groups in total. The molecule has 1 unspecified atom stereocenters. The Bertz CT molecular complexity index is 362. The summed E-state index contributed by atoms with van der Waals surface area (Å²) in [6.45, 7) is 5.09. The molecular formula is C11H20N4O2. The first-order chi connectivity index (χ1) is 8.17. The van der Waals surface area contributed by atoms with Crippen molar-refractivity contribution in [3.05, 3.63) is 0 Å². The molecule has 0 aromatic carbocycles. The van der Waals surface area contributed by atoms with Gasteiger partial charge in [-0.1, -0.05) is 24.0 Å². The van der Waals surface area contributed by atoms with Crippen molar-refractivity contribution in [1.29, 1.82) is 0 Å². The molecule has 6 heteroatoms. The lowest BCUT2D eigenvalue weighted by Crippen LogP contribution is -2.43. The van der Waals surface area contributed by atoms with Crippen LogP contribution < -0.4 is 11.1 Å². The fourth-order valence-corrected chi connectivity index (χ4v) is 2.36. The molecule has 1 saturated heterocycles. The molecule has 1 fully saturated rings. The minimum absolute atomic E-state index is 0.0124. The van der Waals surface area contributed by atoms with Crippen LogP contribution in [-0.2, 0) is 4.74 Å². The summed E-state index contributed by atoms with van der Waals surface area (Å²) >= 11 is 0. The van der Waals surface area contributed by atoms with Gasteiger partial charge in [-0.2, -0.15) is 0 Å². The molecule has 2 heterocycles. The van der Waals surface area contributed by atoms with Crippen LogP contribution in [0, 0.1) is 0 Å². The second kappa shape index (κ2) is 4.91. The quantitative estimate of drug-likeness (QED) is 0.834. The van der Waals surface area contributed by atoms with E-state index in [9.17, 15) is 0 Å². The summed E-state index contributed by atoms with van der Waals surface area (Å²) in [7, 11) is 0. The van der Waals surface area contributed by atoms with Crippen molar-refractivity contribution in [2.24, 2.45) is 0 Å². The van der Waals surface area contributed by atoms with Crippen molar-refractivity contribution in [1.82, 2.24) is 10.2 Å². The lowest BCUT2D eigenvalue weighted by molar-refractivity contribution is -0.0866. The van der Waals surface area contributed by atoms with Gasteiger partial charge in [0.05, 0.1) is 5.60 Å². The number of aromatic nitrogens is 2. The monoisotopic (exact) mass is 240 g/mol. The van der Waals surface area contributed by atoms with Gasteiger partial charge in [-0.3, -0.25) is 0 Å². The fraction of sp³-hybridized carbons (Fsp3) is 0.818. The number of anilines is 2. The number of nitrogens with zero attached hydrogens (tertiary/aromatic N) is 2. The standard InChI is InChI=1S/C11H20N4O2/c1-3-11(4-2)7-8(5-6-16-11)13-10-15-14-9(12)17-10/h8H,3-7H2,1-2H3,(H2,12,14)(H,13,15). The van der Waals surface area contributed by atoms with Crippen molar-refractivity contribution < 1.29 is 9.15 Å². The summed E-state index contributed by atoms with van der Waals surface area (Å²) in [6.07, 6.45) is 3.95. The summed E-state index contributed by atoms with van der Waals surface area (Å²) in [5, 5.41) is 10.7. The van der Waals surface area contributed by atoms with Gasteiger partial charge >= 0.3 is 12.0 Å². The van der Waals surface area contributed by atoms with Crippen molar-refractivity contribution >= 4 is 12.0 Å². The molecule has 0 saturated carbocycles. The molecule has 0 amide bonds. The van der Waals surface area contributed by atoms with E-state index in [1.807, 2.05) is 0 Å². The van der Waals surface area contributed by atoms with E-state index in [0.717, 1.165) is 32.3 Å². The lowest BCUT2D eigenvalue weighted by atomic mass is 9.86. The van der Waals surface area contributed by atoms with Gasteiger partial charge in [-0.25, -0.2) is 0 Å². The van der Waals surface area contributed by atoms with Gasteiger partial charge in [0, 0.05) is 12.6 Å². The van der Waals surface area contributed by atoms with Crippen LogP contribution in [0.4, 0.5) is 12.0 Å². The third-order valence-corrected chi connectivity index (χ3v) is 3.55. The Labute approximate surface area is 101 Å². The number of ether oxygens (including phenoxy) is 1. The Morgan fingerprint density at radius 3 is 2.76 bits per heavy atom. The zero-order valence-electron chi connectivity index (χ0n) is 10.4. The smallest absolute Gasteiger partial charge is 0.317 e. The normalized spacial score (nSPS) is 23.5. The summed E-state index contributed by atoms with van der Waals surface area (Å²) in [5.41, 5.74) is 5.37. The second-order valence-corrected chi connectivity index (χ2v) is 4.52. The van der Waals surface area contributed by atoms with Crippen molar-refractivity contribution in [3.63, 3.8) is 0 Å². The highest BCUT2D eigenvalue weighted by Gasteiger charge is 2.34. The van der Waals surface area contributed by atoms with Crippen LogP contribution in [-0.4, -0.2) is 28.4 Å². The van der Waals surface area contributed by atoms with Crippen LogP contribution in [0.5, 0.6) is 0 Å². The minimum atomic E-state index is -0.0124. The van der Waals surface area contributed by atoms with Gasteiger partial charge in [0.25, 0.3) is 0 Å². The zero-order valence-corrected chi connectivity index (χ0v) is 10.4. The largest absolute Gasteiger partial charge is 0.390 e. The first-order valence-electron chi connectivity index (χ1n) is 6.17. The maximum atomic E-state index is 5.91. The topological polar surface area (TPSA) is 86.2 Å². The minimum Gasteiger partial charge on any atom is -0.390 e. The highest BCUT2D eigenvalue weighted by molar-refractivity contribution is 5.24. The van der Waals surface area contributed by atoms with Gasteiger partial charge in [0.15, 0.2) is 0 Å². The number of nitrogen functional groups attached to an aromatic ring is 1. The van der Waals surface area contributed by atoms with Crippen molar-refractivity contribution in [3.8, 4) is 0 Å². The number of hydrogen-bond donors (Lipinski definition) is 2. The van der Waals surface area contributed by atoms with Gasteiger partial charge in [-0.05, 0) is 25.7 Å². The molecule has 1 atom stereocenters. The average Bonchev–Trinajstić information content (AvgIpc) is 2.75. The van der Waals surface area contributed by atoms with Gasteiger partial charge in [0.2, 0.25) is 0 Å². The van der Waals surface area contributed by atoms with E-state index in [2.05, 4.69) is 29.4 Å². The van der Waals surface area contributed by atoms with E-state index in [-0.39, 0.29) is 11.6 Å². The summed E-state index contributed by atoms with van der Waals surface area (Å²) in [4.78, 5) is 0. The second-order valence-electron chi connectivity index (χ2n) is 4.52. The maximum absolute atomic E-state index is 5.91. The highest BCUT2D eigenvalue weighted by Crippen LogP contribution is 2.32. The molecule has 1 aliphatic rings. The van der Waals surface area contributed by atoms with E-state index in [1.165, 1.54) is 0 Å². The average molecular weight is 240 g/mol. The molecule has 17 heavy (non-hydrogen) atoms. The first kappa shape index (κ1) is 12.2. The third-order valence-electron chi connectivity index (χ3n) is 3.55. The van der Waals surface area contributed by atoms with E-state index < -0.39 is 0 Å². The predicted molar refractivity (Wildman–Crippen MR) is 64.6 cm³/mol. The van der Waals surface area contributed by atoms with E-state index in [4.69, 9.17) is 14.9 Å². The Morgan fingerprint density at radius 2 is 2.18 bits per heavy atom. The van der Waals surface area contributed by atoms with E-state index in [1.54, 1.807) is 0 Å². The number of rotatable bonds is 4. The number of nitrogens with one attached hydrogen (secondary N) is 1. The van der Waals surface area contributed by atoms with Gasteiger partial charge in [0.1, 0.15) is 0 Å². The lowest BCUT2D eigenvalue weighted by Gasteiger charge is -2.39. The molecule has 0 aliphatic carbocycles. The summed E-state index contributed by atoms with van der Waals surface area (Å²) in [6, 6.07) is 0.802. The van der Waals surface area contributed by atoms with Crippen LogP contribution in [0.2, 0.25) is 0 Å². The molecule has 0 spiro atoms.